The molecule has 0 atom stereocenters. The number of rotatable bonds is 6. The molecule has 1 aliphatic rings. The number of halogens is 1. The van der Waals surface area contributed by atoms with Gasteiger partial charge in [-0.1, -0.05) is 11.6 Å². The van der Waals surface area contributed by atoms with Crippen LogP contribution in [0.5, 0.6) is 0 Å². The van der Waals surface area contributed by atoms with Gasteiger partial charge in [-0.2, -0.15) is 0 Å². The van der Waals surface area contributed by atoms with E-state index in [0.29, 0.717) is 10.8 Å². The Labute approximate surface area is 119 Å². The molecule has 1 aliphatic carbocycles. The molecule has 0 spiro atoms. The summed E-state index contributed by atoms with van der Waals surface area (Å²) in [5.41, 5.74) is -0.164. The summed E-state index contributed by atoms with van der Waals surface area (Å²) in [5.74, 6) is -0.107. The van der Waals surface area contributed by atoms with E-state index >= 15 is 0 Å². The van der Waals surface area contributed by atoms with Crippen molar-refractivity contribution in [2.45, 2.75) is 24.2 Å². The first kappa shape index (κ1) is 14.1. The van der Waals surface area contributed by atoms with Gasteiger partial charge >= 0.3 is 5.97 Å². The minimum absolute atomic E-state index is 0.0407. The smallest absolute Gasteiger partial charge is 0.303 e. The molecule has 1 aromatic rings. The van der Waals surface area contributed by atoms with Crippen molar-refractivity contribution < 1.29 is 14.8 Å². The zero-order chi connectivity index (χ0) is 14.0. The Bertz CT molecular complexity index is 530. The zero-order valence-corrected chi connectivity index (χ0v) is 11.5. The average molecular weight is 302 g/mol. The lowest BCUT2D eigenvalue weighted by molar-refractivity contribution is -0.384. The maximum atomic E-state index is 10.7. The van der Waals surface area contributed by atoms with Crippen LogP contribution in [0, 0.1) is 15.5 Å². The lowest BCUT2D eigenvalue weighted by Crippen LogP contribution is -2.10. The topological polar surface area (TPSA) is 80.4 Å². The van der Waals surface area contributed by atoms with Gasteiger partial charge in [0.25, 0.3) is 5.69 Å². The number of nitrogens with zero attached hydrogens (tertiary/aromatic N) is 1. The first-order chi connectivity index (χ1) is 8.92. The molecule has 1 N–H and O–H groups in total. The van der Waals surface area contributed by atoms with Crippen molar-refractivity contribution in [3.05, 3.63) is 33.3 Å². The highest BCUT2D eigenvalue weighted by Crippen LogP contribution is 2.52. The van der Waals surface area contributed by atoms with Gasteiger partial charge in [-0.15, -0.1) is 11.8 Å². The van der Waals surface area contributed by atoms with Gasteiger partial charge in [0, 0.05) is 22.8 Å². The summed E-state index contributed by atoms with van der Waals surface area (Å²) in [4.78, 5) is 21.6. The number of hydrogen-bond acceptors (Lipinski definition) is 4. The van der Waals surface area contributed by atoms with Crippen molar-refractivity contribution in [3.63, 3.8) is 0 Å². The second kappa shape index (κ2) is 5.38. The van der Waals surface area contributed by atoms with E-state index in [1.165, 1.54) is 23.9 Å². The molecule has 7 heteroatoms. The number of nitro groups is 1. The monoisotopic (exact) mass is 301 g/mol. The summed E-state index contributed by atoms with van der Waals surface area (Å²) < 4.78 is 0. The van der Waals surface area contributed by atoms with Gasteiger partial charge in [0.05, 0.1) is 16.4 Å². The van der Waals surface area contributed by atoms with Gasteiger partial charge in [-0.25, -0.2) is 0 Å². The van der Waals surface area contributed by atoms with Gasteiger partial charge < -0.3 is 5.11 Å². The molecular weight excluding hydrogens is 290 g/mol. The standard InChI is InChI=1S/C12H12ClNO4S/c13-9-5-8(14(17)18)1-2-10(9)19-7-12(3-4-12)6-11(15)16/h1-2,5H,3-4,6-7H2,(H,15,16). The molecule has 1 fully saturated rings. The number of thioether (sulfide) groups is 1. The molecule has 0 aromatic heterocycles. The average Bonchev–Trinajstić information content (AvgIpc) is 3.06. The Morgan fingerprint density at radius 1 is 1.53 bits per heavy atom. The molecule has 5 nitrogen and oxygen atoms in total. The van der Waals surface area contributed by atoms with Gasteiger partial charge in [0.1, 0.15) is 0 Å². The zero-order valence-electron chi connectivity index (χ0n) is 9.97. The van der Waals surface area contributed by atoms with E-state index in [2.05, 4.69) is 0 Å². The highest BCUT2D eigenvalue weighted by atomic mass is 35.5. The Morgan fingerprint density at radius 2 is 2.21 bits per heavy atom. The van der Waals surface area contributed by atoms with Crippen LogP contribution in [-0.2, 0) is 4.79 Å². The van der Waals surface area contributed by atoms with E-state index in [1.807, 2.05) is 0 Å². The maximum Gasteiger partial charge on any atom is 0.303 e. The number of benzene rings is 1. The van der Waals surface area contributed by atoms with Crippen molar-refractivity contribution in [1.29, 1.82) is 0 Å². The third-order valence-electron chi connectivity index (χ3n) is 3.14. The second-order valence-electron chi connectivity index (χ2n) is 4.73. The number of carboxylic acid groups (broad SMARTS) is 1. The summed E-state index contributed by atoms with van der Waals surface area (Å²) in [7, 11) is 0. The fraction of sp³-hybridized carbons (Fsp3) is 0.417. The Kier molecular flexibility index (Phi) is 4.01. The van der Waals surface area contributed by atoms with Crippen LogP contribution in [0.2, 0.25) is 5.02 Å². The van der Waals surface area contributed by atoms with Crippen LogP contribution in [0.15, 0.2) is 23.1 Å². The van der Waals surface area contributed by atoms with E-state index in [1.54, 1.807) is 6.07 Å². The second-order valence-corrected chi connectivity index (χ2v) is 6.16. The normalized spacial score (nSPS) is 16.1. The van der Waals surface area contributed by atoms with Crippen LogP contribution >= 0.6 is 23.4 Å². The quantitative estimate of drug-likeness (QED) is 0.493. The first-order valence-electron chi connectivity index (χ1n) is 5.70. The van der Waals surface area contributed by atoms with Crippen LogP contribution in [0.1, 0.15) is 19.3 Å². The minimum Gasteiger partial charge on any atom is -0.481 e. The molecular formula is C12H12ClNO4S. The van der Waals surface area contributed by atoms with Crippen LogP contribution in [0.25, 0.3) is 0 Å². The molecule has 0 aliphatic heterocycles. The predicted octanol–water partition coefficient (Wildman–Crippen LogP) is 3.60. The van der Waals surface area contributed by atoms with Gasteiger partial charge in [-0.05, 0) is 24.3 Å². The summed E-state index contributed by atoms with van der Waals surface area (Å²) >= 11 is 7.45. The highest BCUT2D eigenvalue weighted by Gasteiger charge is 2.44. The number of carboxylic acids is 1. The number of aliphatic carboxylic acids is 1. The Morgan fingerprint density at radius 3 is 2.68 bits per heavy atom. The van der Waals surface area contributed by atoms with Crippen molar-refractivity contribution in [2.24, 2.45) is 5.41 Å². The highest BCUT2D eigenvalue weighted by molar-refractivity contribution is 7.99. The third kappa shape index (κ3) is 3.61. The first-order valence-corrected chi connectivity index (χ1v) is 7.07. The van der Waals surface area contributed by atoms with Gasteiger partial charge in [-0.3, -0.25) is 14.9 Å². The van der Waals surface area contributed by atoms with E-state index < -0.39 is 10.9 Å². The molecule has 102 valence electrons. The van der Waals surface area contributed by atoms with Crippen LogP contribution in [-0.4, -0.2) is 21.8 Å². The number of hydrogen-bond donors (Lipinski definition) is 1. The molecule has 2 rings (SSSR count). The molecule has 1 aromatic carbocycles. The van der Waals surface area contributed by atoms with Crippen LogP contribution in [0.4, 0.5) is 5.69 Å². The summed E-state index contributed by atoms with van der Waals surface area (Å²) in [6.07, 6.45) is 2.00. The molecule has 19 heavy (non-hydrogen) atoms. The summed E-state index contributed by atoms with van der Waals surface area (Å²) in [6, 6.07) is 4.34. The molecule has 0 bridgehead atoms. The fourth-order valence-electron chi connectivity index (χ4n) is 1.82. The van der Waals surface area contributed by atoms with Crippen molar-refractivity contribution in [3.8, 4) is 0 Å². The summed E-state index contributed by atoms with van der Waals surface area (Å²) in [5, 5.41) is 19.8. The molecule has 0 amide bonds. The number of carbonyl (C=O) groups is 1. The number of nitro benzene ring substituents is 1. The van der Waals surface area contributed by atoms with Gasteiger partial charge in [0.15, 0.2) is 0 Å². The molecule has 1 saturated carbocycles. The molecule has 0 unspecified atom stereocenters. The third-order valence-corrected chi connectivity index (χ3v) is 4.99. The van der Waals surface area contributed by atoms with E-state index in [4.69, 9.17) is 16.7 Å². The summed E-state index contributed by atoms with van der Waals surface area (Å²) in [6.45, 7) is 0. The van der Waals surface area contributed by atoms with Crippen molar-refractivity contribution >= 4 is 35.0 Å². The van der Waals surface area contributed by atoms with Crippen molar-refractivity contribution in [1.82, 2.24) is 0 Å². The fourth-order valence-corrected chi connectivity index (χ4v) is 3.37. The van der Waals surface area contributed by atoms with Crippen LogP contribution < -0.4 is 0 Å². The van der Waals surface area contributed by atoms with E-state index in [9.17, 15) is 14.9 Å². The Hall–Kier alpha value is -1.27. The maximum absolute atomic E-state index is 10.7. The predicted molar refractivity (Wildman–Crippen MR) is 72.8 cm³/mol. The van der Waals surface area contributed by atoms with E-state index in [-0.39, 0.29) is 17.5 Å². The Balaban J connectivity index is 2.00. The number of non-ortho nitro benzene ring substituents is 1. The molecule has 0 saturated heterocycles. The lowest BCUT2D eigenvalue weighted by atomic mass is 10.1. The van der Waals surface area contributed by atoms with Gasteiger partial charge in [0.2, 0.25) is 0 Å². The van der Waals surface area contributed by atoms with E-state index in [0.717, 1.165) is 17.7 Å². The minimum atomic E-state index is -0.784. The van der Waals surface area contributed by atoms with Crippen LogP contribution in [0.3, 0.4) is 0 Å². The molecule has 0 heterocycles. The largest absolute Gasteiger partial charge is 0.481 e. The SMILES string of the molecule is O=C(O)CC1(CSc2ccc([N+](=O)[O-])cc2Cl)CC1. The van der Waals surface area contributed by atoms with Crippen molar-refractivity contribution in [2.75, 3.05) is 5.75 Å². The molecule has 0 radical (unpaired) electrons. The lowest BCUT2D eigenvalue weighted by Gasteiger charge is -2.12.